The highest BCUT2D eigenvalue weighted by Crippen LogP contribution is 2.38. The van der Waals surface area contributed by atoms with E-state index in [0.717, 1.165) is 11.1 Å². The molecule has 2 unspecified atom stereocenters. The van der Waals surface area contributed by atoms with E-state index in [1.165, 1.54) is 18.3 Å². The van der Waals surface area contributed by atoms with Crippen LogP contribution >= 0.6 is 0 Å². The van der Waals surface area contributed by atoms with Crippen molar-refractivity contribution in [2.24, 2.45) is 5.92 Å². The number of nitrogens with zero attached hydrogens (tertiary/aromatic N) is 1. The fourth-order valence-electron chi connectivity index (χ4n) is 4.19. The lowest BCUT2D eigenvalue weighted by Crippen LogP contribution is -2.41. The molecule has 1 aliphatic carbocycles. The average Bonchev–Trinajstić information content (AvgIpc) is 2.87. The Kier molecular flexibility index (Phi) is 5.88. The Labute approximate surface area is 176 Å². The zero-order chi connectivity index (χ0) is 22.2. The molecule has 1 aromatic heterocycles. The second-order valence-corrected chi connectivity index (χ2v) is 9.06. The molecule has 2 aromatic rings. The number of Topliss-reactive ketones (excluding diaryl/α,β-unsaturated/α-hetero) is 2. The number of carbonyl (C=O) groups is 3. The smallest absolute Gasteiger partial charge is 0.221 e. The molecule has 1 N–H and O–H groups in total. The van der Waals surface area contributed by atoms with Crippen molar-refractivity contribution in [2.45, 2.75) is 58.9 Å². The average molecular weight is 410 g/mol. The fourth-order valence-corrected chi connectivity index (χ4v) is 4.19. The minimum atomic E-state index is -0.875. The molecular weight excluding hydrogens is 383 g/mol. The van der Waals surface area contributed by atoms with Crippen molar-refractivity contribution in [1.29, 1.82) is 0 Å². The van der Waals surface area contributed by atoms with Crippen LogP contribution in [0.1, 0.15) is 56.2 Å². The van der Waals surface area contributed by atoms with Gasteiger partial charge in [0.15, 0.2) is 5.78 Å². The van der Waals surface area contributed by atoms with Crippen LogP contribution in [0.3, 0.4) is 0 Å². The number of hydrogen-bond donors (Lipinski definition) is 1. The molecule has 5 nitrogen and oxygen atoms in total. The molecule has 0 saturated heterocycles. The number of aryl methyl sites for hydroxylation is 2. The van der Waals surface area contributed by atoms with Gasteiger partial charge < -0.3 is 5.32 Å². The topological polar surface area (TPSA) is 76.1 Å². The van der Waals surface area contributed by atoms with E-state index in [2.05, 4.69) is 10.3 Å². The quantitative estimate of drug-likeness (QED) is 0.772. The van der Waals surface area contributed by atoms with Gasteiger partial charge in [0.25, 0.3) is 0 Å². The van der Waals surface area contributed by atoms with Gasteiger partial charge in [-0.25, -0.2) is 4.39 Å². The third-order valence-corrected chi connectivity index (χ3v) is 5.32. The zero-order valence-electron chi connectivity index (χ0n) is 18.0. The third kappa shape index (κ3) is 4.48. The van der Waals surface area contributed by atoms with E-state index >= 15 is 0 Å². The summed E-state index contributed by atoms with van der Waals surface area (Å²) in [5, 5.41) is 2.84. The van der Waals surface area contributed by atoms with Crippen LogP contribution in [-0.4, -0.2) is 28.0 Å². The van der Waals surface area contributed by atoms with Gasteiger partial charge in [0.2, 0.25) is 5.91 Å². The van der Waals surface area contributed by atoms with Crippen LogP contribution in [0.15, 0.2) is 30.5 Å². The van der Waals surface area contributed by atoms with Crippen LogP contribution < -0.4 is 5.32 Å². The first-order valence-corrected chi connectivity index (χ1v) is 10.1. The third-order valence-electron chi connectivity index (χ3n) is 5.32. The number of halogens is 1. The molecule has 1 aliphatic rings. The zero-order valence-corrected chi connectivity index (χ0v) is 18.0. The van der Waals surface area contributed by atoms with Gasteiger partial charge in [0.1, 0.15) is 23.2 Å². The molecule has 30 heavy (non-hydrogen) atoms. The standard InChI is InChI=1S/C24H27FN2O3/c1-13-9-15(22-17(25)7-6-8-26-22)10-14(2)20(13)21-18(28)11-16(23(21)30)12-19(29)27-24(3,4)5/h6-10,16,21H,11-12H2,1-5H3,(H,27,29). The van der Waals surface area contributed by atoms with Crippen molar-refractivity contribution in [3.63, 3.8) is 0 Å². The number of benzene rings is 1. The van der Waals surface area contributed by atoms with Gasteiger partial charge in [-0.1, -0.05) is 0 Å². The molecule has 0 bridgehead atoms. The molecule has 0 radical (unpaired) electrons. The lowest BCUT2D eigenvalue weighted by atomic mass is 9.85. The van der Waals surface area contributed by atoms with Crippen LogP contribution in [0, 0.1) is 25.6 Å². The largest absolute Gasteiger partial charge is 0.351 e. The van der Waals surface area contributed by atoms with Gasteiger partial charge in [0, 0.05) is 36.1 Å². The van der Waals surface area contributed by atoms with Gasteiger partial charge in [0.05, 0.1) is 0 Å². The Morgan fingerprint density at radius 3 is 2.40 bits per heavy atom. The number of hydrogen-bond acceptors (Lipinski definition) is 4. The van der Waals surface area contributed by atoms with Gasteiger partial charge in [-0.3, -0.25) is 19.4 Å². The van der Waals surface area contributed by atoms with Crippen LogP contribution in [0.2, 0.25) is 0 Å². The molecule has 0 aliphatic heterocycles. The second kappa shape index (κ2) is 8.09. The van der Waals surface area contributed by atoms with Crippen molar-refractivity contribution in [1.82, 2.24) is 10.3 Å². The Morgan fingerprint density at radius 2 is 1.83 bits per heavy atom. The number of amides is 1. The molecule has 1 fully saturated rings. The predicted octanol–water partition coefficient (Wildman–Crippen LogP) is 4.05. The number of rotatable bonds is 4. The normalized spacial score (nSPS) is 19.3. The Bertz CT molecular complexity index is 1000. The molecule has 2 atom stereocenters. The highest BCUT2D eigenvalue weighted by Gasteiger charge is 2.44. The van der Waals surface area contributed by atoms with Gasteiger partial charge in [-0.15, -0.1) is 0 Å². The Balaban J connectivity index is 1.89. The number of pyridine rings is 1. The maximum absolute atomic E-state index is 14.1. The van der Waals surface area contributed by atoms with Crippen molar-refractivity contribution in [3.8, 4) is 11.3 Å². The van der Waals surface area contributed by atoms with Gasteiger partial charge >= 0.3 is 0 Å². The number of nitrogens with one attached hydrogen (secondary N) is 1. The fraction of sp³-hybridized carbons (Fsp3) is 0.417. The summed E-state index contributed by atoms with van der Waals surface area (Å²) in [6, 6.07) is 6.39. The summed E-state index contributed by atoms with van der Waals surface area (Å²) in [6.07, 6.45) is 1.60. The lowest BCUT2D eigenvalue weighted by molar-refractivity contribution is -0.129. The Morgan fingerprint density at radius 1 is 1.20 bits per heavy atom. The maximum Gasteiger partial charge on any atom is 0.221 e. The first kappa shape index (κ1) is 21.8. The molecule has 1 aromatic carbocycles. The summed E-state index contributed by atoms with van der Waals surface area (Å²) >= 11 is 0. The van der Waals surface area contributed by atoms with E-state index in [9.17, 15) is 18.8 Å². The SMILES string of the molecule is Cc1cc(-c2ncccc2F)cc(C)c1C1C(=O)CC(CC(=O)NC(C)(C)C)C1=O. The molecule has 3 rings (SSSR count). The minimum absolute atomic E-state index is 0.00761. The maximum atomic E-state index is 14.1. The molecule has 1 saturated carbocycles. The van der Waals surface area contributed by atoms with Crippen LogP contribution in [0.4, 0.5) is 4.39 Å². The van der Waals surface area contributed by atoms with Crippen molar-refractivity contribution < 1.29 is 18.8 Å². The molecule has 6 heteroatoms. The van der Waals surface area contributed by atoms with E-state index in [1.807, 2.05) is 34.6 Å². The molecule has 158 valence electrons. The van der Waals surface area contributed by atoms with Crippen LogP contribution in [0.5, 0.6) is 0 Å². The molecule has 1 heterocycles. The Hall–Kier alpha value is -2.89. The first-order valence-electron chi connectivity index (χ1n) is 10.1. The van der Waals surface area contributed by atoms with Crippen LogP contribution in [-0.2, 0) is 14.4 Å². The number of ketones is 2. The molecule has 1 amide bonds. The van der Waals surface area contributed by atoms with Crippen molar-refractivity contribution in [2.75, 3.05) is 0 Å². The van der Waals surface area contributed by atoms with Gasteiger partial charge in [-0.2, -0.15) is 0 Å². The highest BCUT2D eigenvalue weighted by molar-refractivity contribution is 6.15. The van der Waals surface area contributed by atoms with Gasteiger partial charge in [-0.05, 0) is 75.6 Å². The van der Waals surface area contributed by atoms with Crippen molar-refractivity contribution >= 4 is 17.5 Å². The summed E-state index contributed by atoms with van der Waals surface area (Å²) in [7, 11) is 0. The van der Waals surface area contributed by atoms with E-state index in [1.54, 1.807) is 12.1 Å². The monoisotopic (exact) mass is 410 g/mol. The van der Waals surface area contributed by atoms with E-state index in [-0.39, 0.29) is 36.0 Å². The van der Waals surface area contributed by atoms with E-state index < -0.39 is 23.2 Å². The number of carbonyl (C=O) groups excluding carboxylic acids is 3. The summed E-state index contributed by atoms with van der Waals surface area (Å²) in [6.45, 7) is 9.23. The number of aromatic nitrogens is 1. The summed E-state index contributed by atoms with van der Waals surface area (Å²) in [5.74, 6) is -2.54. The van der Waals surface area contributed by atoms with Crippen LogP contribution in [0.25, 0.3) is 11.3 Å². The summed E-state index contributed by atoms with van der Waals surface area (Å²) in [5.41, 5.74) is 2.57. The molecule has 0 spiro atoms. The first-order chi connectivity index (χ1) is 14.0. The predicted molar refractivity (Wildman–Crippen MR) is 112 cm³/mol. The lowest BCUT2D eigenvalue weighted by Gasteiger charge is -2.21. The summed E-state index contributed by atoms with van der Waals surface area (Å²) < 4.78 is 14.1. The summed E-state index contributed by atoms with van der Waals surface area (Å²) in [4.78, 5) is 42.2. The molecular formula is C24H27FN2O3. The highest BCUT2D eigenvalue weighted by atomic mass is 19.1. The second-order valence-electron chi connectivity index (χ2n) is 9.06. The van der Waals surface area contributed by atoms with E-state index in [4.69, 9.17) is 0 Å². The van der Waals surface area contributed by atoms with E-state index in [0.29, 0.717) is 11.1 Å². The van der Waals surface area contributed by atoms with Crippen molar-refractivity contribution in [3.05, 3.63) is 53.0 Å². The minimum Gasteiger partial charge on any atom is -0.351 e.